The van der Waals surface area contributed by atoms with E-state index in [0.29, 0.717) is 22.7 Å². The zero-order valence-electron chi connectivity index (χ0n) is 14.5. The number of thioether (sulfide) groups is 1. The molecular weight excluding hydrogens is 361 g/mol. The van der Waals surface area contributed by atoms with Crippen LogP contribution in [0.25, 0.3) is 11.2 Å². The fourth-order valence-electron chi connectivity index (χ4n) is 2.94. The van der Waals surface area contributed by atoms with Gasteiger partial charge in [-0.15, -0.1) is 13.2 Å². The third-order valence-electron chi connectivity index (χ3n) is 4.27. The topological polar surface area (TPSA) is 119 Å². The molecule has 4 N–H and O–H groups in total. The molecule has 1 aliphatic heterocycles. The highest BCUT2D eigenvalue weighted by Crippen LogP contribution is 2.41. The summed E-state index contributed by atoms with van der Waals surface area (Å²) in [4.78, 5) is 12.6. The highest BCUT2D eigenvalue weighted by molar-refractivity contribution is 7.98. The van der Waals surface area contributed by atoms with E-state index in [1.54, 1.807) is 4.57 Å². The molecule has 3 rings (SSSR count). The summed E-state index contributed by atoms with van der Waals surface area (Å²) in [6.45, 7) is 3.03. The standard InChI is InChI=1S/C15H24N5O3PS/c1-24(2,3)6-5-8-10(21)11(22)14(23-8)20-13-9(19-15(20)25-4)12(16)17-7-18-13/h7-8,10-11,14,21-22H,1,5-6H2,2-4H3,(H2,16,17,18)/t8-,10-,11-,14?/m1/s1. The minimum absolute atomic E-state index is 0.271. The third kappa shape index (κ3) is 3.57. The van der Waals surface area contributed by atoms with Crippen molar-refractivity contribution in [3.63, 3.8) is 0 Å². The van der Waals surface area contributed by atoms with E-state index in [4.69, 9.17) is 10.5 Å². The number of nitrogens with zero attached hydrogens (tertiary/aromatic N) is 4. The molecule has 0 amide bonds. The number of aliphatic hydroxyl groups is 2. The van der Waals surface area contributed by atoms with E-state index in [0.717, 1.165) is 6.16 Å². The molecular formula is C15H24N5O3PS. The van der Waals surface area contributed by atoms with Gasteiger partial charge in [0.1, 0.15) is 18.5 Å². The van der Waals surface area contributed by atoms with Gasteiger partial charge in [0, 0.05) is 0 Å². The molecule has 1 aliphatic rings. The number of hydrogen-bond acceptors (Lipinski definition) is 8. The zero-order valence-corrected chi connectivity index (χ0v) is 16.2. The predicted octanol–water partition coefficient (Wildman–Crippen LogP) is 0.849. The van der Waals surface area contributed by atoms with Gasteiger partial charge in [-0.3, -0.25) is 4.57 Å². The molecule has 4 atom stereocenters. The number of ether oxygens (including phenoxy) is 1. The van der Waals surface area contributed by atoms with Crippen molar-refractivity contribution in [3.8, 4) is 0 Å². The second-order valence-corrected chi connectivity index (χ2v) is 12.0. The van der Waals surface area contributed by atoms with E-state index in [-0.39, 0.29) is 5.82 Å². The van der Waals surface area contributed by atoms with Gasteiger partial charge in [0.2, 0.25) is 0 Å². The van der Waals surface area contributed by atoms with Crippen molar-refractivity contribution in [3.05, 3.63) is 6.33 Å². The van der Waals surface area contributed by atoms with Crippen LogP contribution >= 0.6 is 18.6 Å². The smallest absolute Gasteiger partial charge is 0.172 e. The van der Waals surface area contributed by atoms with Crippen LogP contribution in [0.15, 0.2) is 11.5 Å². The van der Waals surface area contributed by atoms with Gasteiger partial charge < -0.3 is 20.7 Å². The molecule has 8 nitrogen and oxygen atoms in total. The Labute approximate surface area is 150 Å². The van der Waals surface area contributed by atoms with Crippen LogP contribution in [0.5, 0.6) is 0 Å². The molecule has 0 saturated carbocycles. The lowest BCUT2D eigenvalue weighted by atomic mass is 10.1. The zero-order chi connectivity index (χ0) is 18.4. The highest BCUT2D eigenvalue weighted by atomic mass is 32.2. The molecule has 1 fully saturated rings. The second-order valence-electron chi connectivity index (χ2n) is 6.89. The highest BCUT2D eigenvalue weighted by Gasteiger charge is 2.45. The Morgan fingerprint density at radius 2 is 2.08 bits per heavy atom. The fraction of sp³-hybridized carbons (Fsp3) is 0.600. The maximum absolute atomic E-state index is 10.6. The summed E-state index contributed by atoms with van der Waals surface area (Å²) in [6.07, 6.45) is 5.67. The lowest BCUT2D eigenvalue weighted by molar-refractivity contribution is -0.0400. The normalized spacial score (nSPS) is 27.2. The Kier molecular flexibility index (Phi) is 5.14. The van der Waals surface area contributed by atoms with Crippen molar-refractivity contribution in [2.75, 3.05) is 31.5 Å². The van der Waals surface area contributed by atoms with E-state index in [2.05, 4.69) is 34.6 Å². The van der Waals surface area contributed by atoms with Gasteiger partial charge in [-0.2, -0.15) is 0 Å². The SMILES string of the molecule is C=P(C)(C)CC[C@H]1OC(n2c(SC)nc3c(N)ncnc32)[C@H](O)[C@@H]1O. The molecule has 1 saturated heterocycles. The number of imidazole rings is 1. The van der Waals surface area contributed by atoms with Gasteiger partial charge in [0.05, 0.1) is 6.10 Å². The molecule has 0 radical (unpaired) electrons. The Balaban J connectivity index is 1.95. The van der Waals surface area contributed by atoms with Crippen LogP contribution in [0, 0.1) is 0 Å². The van der Waals surface area contributed by atoms with E-state index < -0.39 is 31.4 Å². The van der Waals surface area contributed by atoms with Gasteiger partial charge in [0.25, 0.3) is 0 Å². The molecule has 0 aromatic carbocycles. The molecule has 0 bridgehead atoms. The minimum atomic E-state index is -1.24. The summed E-state index contributed by atoms with van der Waals surface area (Å²) in [6, 6.07) is 0. The third-order valence-corrected chi connectivity index (χ3v) is 6.39. The molecule has 2 aromatic rings. The number of nitrogen functional groups attached to an aromatic ring is 1. The molecule has 2 aromatic heterocycles. The molecule has 25 heavy (non-hydrogen) atoms. The molecule has 10 heteroatoms. The van der Waals surface area contributed by atoms with Crippen molar-refractivity contribution in [2.45, 2.75) is 36.1 Å². The van der Waals surface area contributed by atoms with Crippen molar-refractivity contribution in [1.82, 2.24) is 19.5 Å². The molecule has 0 aliphatic carbocycles. The number of anilines is 1. The number of aromatic nitrogens is 4. The number of fused-ring (bicyclic) bond motifs is 1. The number of hydrogen-bond donors (Lipinski definition) is 3. The van der Waals surface area contributed by atoms with Gasteiger partial charge >= 0.3 is 0 Å². The van der Waals surface area contributed by atoms with E-state index in [1.807, 2.05) is 6.26 Å². The summed E-state index contributed by atoms with van der Waals surface area (Å²) in [5.74, 6) is 0.271. The maximum Gasteiger partial charge on any atom is 0.172 e. The van der Waals surface area contributed by atoms with Gasteiger partial charge in [-0.1, -0.05) is 11.8 Å². The van der Waals surface area contributed by atoms with Crippen molar-refractivity contribution in [1.29, 1.82) is 0 Å². The Bertz CT molecular complexity index is 823. The summed E-state index contributed by atoms with van der Waals surface area (Å²) in [5, 5.41) is 21.6. The van der Waals surface area contributed by atoms with Gasteiger partial charge in [-0.25, -0.2) is 15.0 Å². The van der Waals surface area contributed by atoms with Crippen LogP contribution in [-0.2, 0) is 4.74 Å². The lowest BCUT2D eigenvalue weighted by Crippen LogP contribution is -2.32. The van der Waals surface area contributed by atoms with Crippen LogP contribution in [0.2, 0.25) is 0 Å². The molecule has 138 valence electrons. The van der Waals surface area contributed by atoms with Crippen LogP contribution < -0.4 is 5.73 Å². The first kappa shape index (κ1) is 18.7. The van der Waals surface area contributed by atoms with Crippen LogP contribution in [0.3, 0.4) is 0 Å². The molecule has 1 unspecified atom stereocenters. The monoisotopic (exact) mass is 385 g/mol. The average Bonchev–Trinajstić information content (AvgIpc) is 3.05. The Hall–Kier alpha value is -1.12. The summed E-state index contributed by atoms with van der Waals surface area (Å²) < 4.78 is 7.71. The first-order valence-corrected chi connectivity index (χ1v) is 12.2. The lowest BCUT2D eigenvalue weighted by Gasteiger charge is -2.19. The first-order chi connectivity index (χ1) is 11.7. The van der Waals surface area contributed by atoms with Crippen molar-refractivity contribution < 1.29 is 14.9 Å². The van der Waals surface area contributed by atoms with Gasteiger partial charge in [-0.05, 0) is 32.2 Å². The predicted molar refractivity (Wildman–Crippen MR) is 103 cm³/mol. The van der Waals surface area contributed by atoms with E-state index in [1.165, 1.54) is 18.1 Å². The van der Waals surface area contributed by atoms with E-state index in [9.17, 15) is 10.2 Å². The van der Waals surface area contributed by atoms with Crippen molar-refractivity contribution in [2.24, 2.45) is 0 Å². The molecule has 0 spiro atoms. The quantitative estimate of drug-likeness (QED) is 0.512. The number of rotatable bonds is 5. The van der Waals surface area contributed by atoms with Crippen LogP contribution in [0.1, 0.15) is 12.6 Å². The summed E-state index contributed by atoms with van der Waals surface area (Å²) in [7, 11) is 0. The largest absolute Gasteiger partial charge is 0.388 e. The second kappa shape index (κ2) is 6.89. The fourth-order valence-corrected chi connectivity index (χ4v) is 4.46. The van der Waals surface area contributed by atoms with Gasteiger partial charge in [0.15, 0.2) is 28.4 Å². The average molecular weight is 385 g/mol. The van der Waals surface area contributed by atoms with Crippen LogP contribution in [0.4, 0.5) is 5.82 Å². The maximum atomic E-state index is 10.6. The minimum Gasteiger partial charge on any atom is -0.388 e. The van der Waals surface area contributed by atoms with E-state index >= 15 is 0 Å². The Morgan fingerprint density at radius 3 is 2.72 bits per heavy atom. The number of aliphatic hydroxyl groups excluding tert-OH is 2. The number of nitrogens with two attached hydrogens (primary N) is 1. The first-order valence-electron chi connectivity index (χ1n) is 7.94. The Morgan fingerprint density at radius 1 is 1.36 bits per heavy atom. The van der Waals surface area contributed by atoms with Crippen molar-refractivity contribution >= 4 is 41.9 Å². The van der Waals surface area contributed by atoms with Crippen LogP contribution in [-0.4, -0.2) is 80.1 Å². The summed E-state index contributed by atoms with van der Waals surface area (Å²) in [5.41, 5.74) is 6.83. The molecule has 3 heterocycles. The summed E-state index contributed by atoms with van der Waals surface area (Å²) >= 11 is 1.39.